The van der Waals surface area contributed by atoms with Gasteiger partial charge in [0.25, 0.3) is 0 Å². The molecule has 0 bridgehead atoms. The standard InChI is InChI=1S/C18H34N4O2/c1-13(2)11-20-18(24)22-9-5-7-15(12-22)17(23)21-16-8-4-3-6-14(16)10-19/h13-16H,3-12,19H2,1-2H3,(H,20,24)(H,21,23). The van der Waals surface area contributed by atoms with Crippen LogP contribution in [0.1, 0.15) is 52.4 Å². The number of piperidine rings is 1. The molecule has 0 spiro atoms. The van der Waals surface area contributed by atoms with Gasteiger partial charge >= 0.3 is 6.03 Å². The average Bonchev–Trinajstić information content (AvgIpc) is 2.60. The molecule has 0 radical (unpaired) electrons. The van der Waals surface area contributed by atoms with Crippen molar-refractivity contribution >= 4 is 11.9 Å². The van der Waals surface area contributed by atoms with E-state index in [1.165, 1.54) is 6.42 Å². The summed E-state index contributed by atoms with van der Waals surface area (Å²) in [6, 6.07) is 0.167. The smallest absolute Gasteiger partial charge is 0.317 e. The quantitative estimate of drug-likeness (QED) is 0.713. The van der Waals surface area contributed by atoms with E-state index in [0.717, 1.165) is 38.6 Å². The van der Waals surface area contributed by atoms with E-state index in [9.17, 15) is 9.59 Å². The summed E-state index contributed by atoms with van der Waals surface area (Å²) in [5, 5.41) is 6.17. The molecule has 2 fully saturated rings. The van der Waals surface area contributed by atoms with Gasteiger partial charge in [-0.2, -0.15) is 0 Å². The number of nitrogens with zero attached hydrogens (tertiary/aromatic N) is 1. The molecule has 0 aromatic rings. The van der Waals surface area contributed by atoms with Gasteiger partial charge in [0.15, 0.2) is 0 Å². The van der Waals surface area contributed by atoms with Crippen LogP contribution in [0.5, 0.6) is 0 Å². The second-order valence-corrected chi connectivity index (χ2v) is 7.76. The molecule has 1 saturated heterocycles. The molecule has 4 N–H and O–H groups in total. The zero-order valence-corrected chi connectivity index (χ0v) is 15.2. The highest BCUT2D eigenvalue weighted by Gasteiger charge is 2.31. The third-order valence-electron chi connectivity index (χ3n) is 5.28. The largest absolute Gasteiger partial charge is 0.353 e. The molecular weight excluding hydrogens is 304 g/mol. The predicted octanol–water partition coefficient (Wildman–Crippen LogP) is 1.70. The first-order chi connectivity index (χ1) is 11.5. The highest BCUT2D eigenvalue weighted by Crippen LogP contribution is 2.25. The molecule has 3 atom stereocenters. The second kappa shape index (κ2) is 9.25. The van der Waals surface area contributed by atoms with Crippen molar-refractivity contribution in [3.05, 3.63) is 0 Å². The van der Waals surface area contributed by atoms with E-state index in [-0.39, 0.29) is 23.9 Å². The summed E-state index contributed by atoms with van der Waals surface area (Å²) in [6.07, 6.45) is 6.25. The Kier molecular flexibility index (Phi) is 7.34. The Morgan fingerprint density at radius 2 is 1.92 bits per heavy atom. The maximum Gasteiger partial charge on any atom is 0.317 e. The van der Waals surface area contributed by atoms with Gasteiger partial charge in [0, 0.05) is 25.7 Å². The van der Waals surface area contributed by atoms with Crippen LogP contribution in [0.25, 0.3) is 0 Å². The van der Waals surface area contributed by atoms with Crippen LogP contribution in [0.4, 0.5) is 4.79 Å². The molecule has 0 aromatic carbocycles. The number of amides is 3. The number of nitrogens with two attached hydrogens (primary N) is 1. The fraction of sp³-hybridized carbons (Fsp3) is 0.889. The Hall–Kier alpha value is -1.30. The maximum atomic E-state index is 12.7. The molecular formula is C18H34N4O2. The van der Waals surface area contributed by atoms with Gasteiger partial charge in [-0.1, -0.05) is 26.7 Å². The summed E-state index contributed by atoms with van der Waals surface area (Å²) in [5.74, 6) is 0.833. The van der Waals surface area contributed by atoms with Crippen molar-refractivity contribution in [2.75, 3.05) is 26.2 Å². The van der Waals surface area contributed by atoms with Crippen molar-refractivity contribution in [2.24, 2.45) is 23.5 Å². The molecule has 6 nitrogen and oxygen atoms in total. The van der Waals surface area contributed by atoms with E-state index >= 15 is 0 Å². The third-order valence-corrected chi connectivity index (χ3v) is 5.28. The molecule has 3 amide bonds. The lowest BCUT2D eigenvalue weighted by Crippen LogP contribution is -2.52. The Bertz CT molecular complexity index is 427. The highest BCUT2D eigenvalue weighted by atomic mass is 16.2. The van der Waals surface area contributed by atoms with Crippen LogP contribution in [-0.4, -0.2) is 49.1 Å². The molecule has 2 rings (SSSR count). The summed E-state index contributed by atoms with van der Waals surface area (Å²) >= 11 is 0. The van der Waals surface area contributed by atoms with Crippen LogP contribution in [0, 0.1) is 17.8 Å². The van der Waals surface area contributed by atoms with Crippen LogP contribution >= 0.6 is 0 Å². The maximum absolute atomic E-state index is 12.7. The topological polar surface area (TPSA) is 87.5 Å². The summed E-state index contributed by atoms with van der Waals surface area (Å²) in [5.41, 5.74) is 5.85. The van der Waals surface area contributed by atoms with Gasteiger partial charge in [-0.25, -0.2) is 4.79 Å². The normalized spacial score (nSPS) is 27.8. The Morgan fingerprint density at radius 3 is 2.62 bits per heavy atom. The molecule has 1 aliphatic carbocycles. The van der Waals surface area contributed by atoms with Crippen LogP contribution in [0.15, 0.2) is 0 Å². The van der Waals surface area contributed by atoms with E-state index in [0.29, 0.717) is 31.5 Å². The molecule has 0 aromatic heterocycles. The van der Waals surface area contributed by atoms with Crippen molar-refractivity contribution in [1.29, 1.82) is 0 Å². The first-order valence-electron chi connectivity index (χ1n) is 9.54. The molecule has 3 unspecified atom stereocenters. The minimum absolute atomic E-state index is 0.0429. The van der Waals surface area contributed by atoms with Gasteiger partial charge in [0.2, 0.25) is 5.91 Å². The number of urea groups is 1. The Balaban J connectivity index is 1.84. The van der Waals surface area contributed by atoms with Gasteiger partial charge in [-0.05, 0) is 44.1 Å². The summed E-state index contributed by atoms with van der Waals surface area (Å²) in [6.45, 7) is 6.72. The number of hydrogen-bond donors (Lipinski definition) is 3. The van der Waals surface area contributed by atoms with Crippen LogP contribution in [-0.2, 0) is 4.79 Å². The fourth-order valence-corrected chi connectivity index (χ4v) is 3.76. The minimum Gasteiger partial charge on any atom is -0.353 e. The van der Waals surface area contributed by atoms with E-state index in [1.54, 1.807) is 4.90 Å². The fourth-order valence-electron chi connectivity index (χ4n) is 3.76. The van der Waals surface area contributed by atoms with Gasteiger partial charge < -0.3 is 21.3 Å². The van der Waals surface area contributed by atoms with E-state index in [1.807, 2.05) is 0 Å². The van der Waals surface area contributed by atoms with Crippen LogP contribution in [0.3, 0.4) is 0 Å². The first-order valence-corrected chi connectivity index (χ1v) is 9.54. The minimum atomic E-state index is -0.0936. The number of nitrogens with one attached hydrogen (secondary N) is 2. The monoisotopic (exact) mass is 338 g/mol. The number of rotatable bonds is 5. The molecule has 1 heterocycles. The van der Waals surface area contributed by atoms with Crippen molar-refractivity contribution in [3.8, 4) is 0 Å². The highest BCUT2D eigenvalue weighted by molar-refractivity contribution is 5.81. The Morgan fingerprint density at radius 1 is 1.17 bits per heavy atom. The molecule has 2 aliphatic rings. The van der Waals surface area contributed by atoms with Crippen molar-refractivity contribution in [3.63, 3.8) is 0 Å². The number of carbonyl (C=O) groups excluding carboxylic acids is 2. The van der Waals surface area contributed by atoms with Gasteiger partial charge in [-0.3, -0.25) is 4.79 Å². The summed E-state index contributed by atoms with van der Waals surface area (Å²) in [7, 11) is 0. The molecule has 1 aliphatic heterocycles. The van der Waals surface area contributed by atoms with Crippen LogP contribution in [0.2, 0.25) is 0 Å². The van der Waals surface area contributed by atoms with Crippen molar-refractivity contribution in [1.82, 2.24) is 15.5 Å². The van der Waals surface area contributed by atoms with E-state index < -0.39 is 0 Å². The van der Waals surface area contributed by atoms with Crippen molar-refractivity contribution in [2.45, 2.75) is 58.4 Å². The lowest BCUT2D eigenvalue weighted by Gasteiger charge is -2.35. The van der Waals surface area contributed by atoms with Gasteiger partial charge in [0.1, 0.15) is 0 Å². The summed E-state index contributed by atoms with van der Waals surface area (Å²) in [4.78, 5) is 26.7. The SMILES string of the molecule is CC(C)CNC(=O)N1CCCC(C(=O)NC2CCCCC2CN)C1. The molecule has 138 valence electrons. The number of hydrogen-bond acceptors (Lipinski definition) is 3. The number of likely N-dealkylation sites (tertiary alicyclic amines) is 1. The lowest BCUT2D eigenvalue weighted by molar-refractivity contribution is -0.127. The third kappa shape index (κ3) is 5.36. The van der Waals surface area contributed by atoms with E-state index in [2.05, 4.69) is 24.5 Å². The summed E-state index contributed by atoms with van der Waals surface area (Å²) < 4.78 is 0. The lowest BCUT2D eigenvalue weighted by atomic mass is 9.84. The zero-order chi connectivity index (χ0) is 17.5. The second-order valence-electron chi connectivity index (χ2n) is 7.76. The predicted molar refractivity (Wildman–Crippen MR) is 95.5 cm³/mol. The Labute approximate surface area is 145 Å². The zero-order valence-electron chi connectivity index (χ0n) is 15.2. The first kappa shape index (κ1) is 19.0. The van der Waals surface area contributed by atoms with Crippen molar-refractivity contribution < 1.29 is 9.59 Å². The van der Waals surface area contributed by atoms with Gasteiger partial charge in [-0.15, -0.1) is 0 Å². The number of carbonyl (C=O) groups is 2. The molecule has 24 heavy (non-hydrogen) atoms. The van der Waals surface area contributed by atoms with Crippen LogP contribution < -0.4 is 16.4 Å². The average molecular weight is 338 g/mol. The molecule has 6 heteroatoms. The van der Waals surface area contributed by atoms with Gasteiger partial charge in [0.05, 0.1) is 5.92 Å². The molecule has 1 saturated carbocycles. The van der Waals surface area contributed by atoms with E-state index in [4.69, 9.17) is 5.73 Å².